The molecule has 3 nitrogen and oxygen atoms in total. The summed E-state index contributed by atoms with van der Waals surface area (Å²) < 4.78 is 5.84. The van der Waals surface area contributed by atoms with Gasteiger partial charge in [0.15, 0.2) is 5.78 Å². The molecule has 0 bridgehead atoms. The first-order valence-electron chi connectivity index (χ1n) is 11.3. The lowest BCUT2D eigenvalue weighted by Crippen LogP contribution is -2.44. The van der Waals surface area contributed by atoms with Crippen molar-refractivity contribution in [2.45, 2.75) is 38.8 Å². The molecule has 1 fully saturated rings. The lowest BCUT2D eigenvalue weighted by Gasteiger charge is -2.35. The smallest absolute Gasteiger partial charge is 0.179 e. The van der Waals surface area contributed by atoms with E-state index >= 15 is 0 Å². The minimum absolute atomic E-state index is 0.0891. The number of carbonyl (C=O) groups excluding carboxylic acids is 1. The van der Waals surface area contributed by atoms with E-state index in [1.54, 1.807) is 0 Å². The van der Waals surface area contributed by atoms with Gasteiger partial charge in [0.05, 0.1) is 6.04 Å². The molecule has 0 aromatic heterocycles. The molecule has 4 rings (SSSR count). The van der Waals surface area contributed by atoms with Crippen molar-refractivity contribution in [2.24, 2.45) is 5.92 Å². The summed E-state index contributed by atoms with van der Waals surface area (Å²) in [6.45, 7) is 4.55. The summed E-state index contributed by atoms with van der Waals surface area (Å²) in [5.74, 6) is 1.69. The van der Waals surface area contributed by atoms with Crippen LogP contribution in [0.2, 0.25) is 0 Å². The molecule has 1 aliphatic heterocycles. The molecule has 1 atom stereocenters. The van der Waals surface area contributed by atoms with E-state index in [9.17, 15) is 4.79 Å². The molecule has 0 amide bonds. The van der Waals surface area contributed by atoms with E-state index in [0.29, 0.717) is 12.5 Å². The molecule has 0 spiro atoms. The van der Waals surface area contributed by atoms with E-state index in [4.69, 9.17) is 4.74 Å². The van der Waals surface area contributed by atoms with Crippen LogP contribution in [0, 0.1) is 5.92 Å². The molecule has 3 aromatic carbocycles. The minimum atomic E-state index is -0.0891. The summed E-state index contributed by atoms with van der Waals surface area (Å²) in [5, 5.41) is 0. The Morgan fingerprint density at radius 1 is 0.871 bits per heavy atom. The summed E-state index contributed by atoms with van der Waals surface area (Å²) in [6, 6.07) is 28.3. The summed E-state index contributed by atoms with van der Waals surface area (Å²) >= 11 is 0. The zero-order chi connectivity index (χ0) is 21.5. The van der Waals surface area contributed by atoms with Crippen LogP contribution < -0.4 is 4.74 Å². The Morgan fingerprint density at radius 2 is 1.45 bits per heavy atom. The van der Waals surface area contributed by atoms with Crippen LogP contribution in [0.1, 0.15) is 41.3 Å². The summed E-state index contributed by atoms with van der Waals surface area (Å²) in [6.07, 6.45) is 3.44. The maximum Gasteiger partial charge on any atom is 0.179 e. The number of ether oxygens (including phenoxy) is 1. The third-order valence-electron chi connectivity index (χ3n) is 6.33. The molecule has 1 aliphatic rings. The van der Waals surface area contributed by atoms with Gasteiger partial charge in [0.25, 0.3) is 0 Å². The molecule has 1 heterocycles. The predicted octanol–water partition coefficient (Wildman–Crippen LogP) is 5.79. The second kappa shape index (κ2) is 10.4. The van der Waals surface area contributed by atoms with Gasteiger partial charge in [0.1, 0.15) is 12.4 Å². The Morgan fingerprint density at radius 3 is 2.06 bits per heavy atom. The highest BCUT2D eigenvalue weighted by Gasteiger charge is 2.27. The molecule has 0 saturated carbocycles. The van der Waals surface area contributed by atoms with Crippen LogP contribution in [0.3, 0.4) is 0 Å². The molecule has 31 heavy (non-hydrogen) atoms. The number of Topliss-reactive ketones (excluding diaryl/α,β-unsaturated/α-hetero) is 1. The van der Waals surface area contributed by atoms with E-state index < -0.39 is 0 Å². The van der Waals surface area contributed by atoms with Crippen molar-refractivity contribution < 1.29 is 9.53 Å². The van der Waals surface area contributed by atoms with Gasteiger partial charge in [-0.2, -0.15) is 0 Å². The van der Waals surface area contributed by atoms with Crippen molar-refractivity contribution in [2.75, 3.05) is 13.1 Å². The van der Waals surface area contributed by atoms with Gasteiger partial charge in [0.2, 0.25) is 0 Å². The second-order valence-corrected chi connectivity index (χ2v) is 8.51. The van der Waals surface area contributed by atoms with Gasteiger partial charge in [0, 0.05) is 5.56 Å². The Labute approximate surface area is 185 Å². The Bertz CT molecular complexity index is 945. The highest BCUT2D eigenvalue weighted by Crippen LogP contribution is 2.24. The molecule has 1 saturated heterocycles. The van der Waals surface area contributed by atoms with E-state index in [-0.39, 0.29) is 11.8 Å². The SMILES string of the molecule is C[C@@H](C(=O)c1ccc(OCc2ccccc2)cc1)N1CCC(Cc2ccccc2)CC1. The van der Waals surface area contributed by atoms with Gasteiger partial charge in [-0.05, 0) is 80.6 Å². The average molecular weight is 414 g/mol. The molecule has 0 aliphatic carbocycles. The van der Waals surface area contributed by atoms with E-state index in [0.717, 1.165) is 49.2 Å². The van der Waals surface area contributed by atoms with Gasteiger partial charge in [-0.15, -0.1) is 0 Å². The van der Waals surface area contributed by atoms with Crippen molar-refractivity contribution in [3.8, 4) is 5.75 Å². The van der Waals surface area contributed by atoms with Crippen LogP contribution in [0.15, 0.2) is 84.9 Å². The summed E-state index contributed by atoms with van der Waals surface area (Å²) in [4.78, 5) is 15.4. The second-order valence-electron chi connectivity index (χ2n) is 8.51. The number of benzene rings is 3. The standard InChI is InChI=1S/C28H31NO2/c1-22(29-18-16-24(17-19-29)20-23-8-4-2-5-9-23)28(30)26-12-14-27(15-13-26)31-21-25-10-6-3-7-11-25/h2-15,22,24H,16-21H2,1H3/t22-/m0/s1. The van der Waals surface area contributed by atoms with Crippen LogP contribution in [-0.4, -0.2) is 29.8 Å². The van der Waals surface area contributed by atoms with Crippen molar-refractivity contribution in [1.82, 2.24) is 4.90 Å². The average Bonchev–Trinajstić information content (AvgIpc) is 2.84. The van der Waals surface area contributed by atoms with Crippen LogP contribution in [0.5, 0.6) is 5.75 Å². The van der Waals surface area contributed by atoms with Crippen molar-refractivity contribution >= 4 is 5.78 Å². The molecule has 160 valence electrons. The topological polar surface area (TPSA) is 29.5 Å². The fourth-order valence-corrected chi connectivity index (χ4v) is 4.36. The minimum Gasteiger partial charge on any atom is -0.489 e. The van der Waals surface area contributed by atoms with E-state index in [1.807, 2.05) is 61.5 Å². The normalized spacial score (nSPS) is 16.0. The number of rotatable bonds is 8. The van der Waals surface area contributed by atoms with Gasteiger partial charge < -0.3 is 4.74 Å². The molecule has 3 heteroatoms. The number of likely N-dealkylation sites (tertiary alicyclic amines) is 1. The highest BCUT2D eigenvalue weighted by molar-refractivity contribution is 5.99. The Balaban J connectivity index is 1.27. The number of carbonyl (C=O) groups is 1. The summed E-state index contributed by atoms with van der Waals surface area (Å²) in [5.41, 5.74) is 3.30. The monoisotopic (exact) mass is 413 g/mol. The molecule has 0 unspecified atom stereocenters. The molecule has 3 aromatic rings. The van der Waals surface area contributed by atoms with Crippen LogP contribution >= 0.6 is 0 Å². The number of hydrogen-bond donors (Lipinski definition) is 0. The molecule has 0 N–H and O–H groups in total. The fraction of sp³-hybridized carbons (Fsp3) is 0.321. The van der Waals surface area contributed by atoms with Gasteiger partial charge in [-0.3, -0.25) is 9.69 Å². The number of hydrogen-bond acceptors (Lipinski definition) is 3. The summed E-state index contributed by atoms with van der Waals surface area (Å²) in [7, 11) is 0. The zero-order valence-electron chi connectivity index (χ0n) is 18.2. The fourth-order valence-electron chi connectivity index (χ4n) is 4.36. The lowest BCUT2D eigenvalue weighted by molar-refractivity contribution is 0.0771. The van der Waals surface area contributed by atoms with Crippen molar-refractivity contribution in [3.05, 3.63) is 102 Å². The Hall–Kier alpha value is -2.91. The molecule has 0 radical (unpaired) electrons. The third kappa shape index (κ3) is 5.83. The van der Waals surface area contributed by atoms with Crippen molar-refractivity contribution in [1.29, 1.82) is 0 Å². The maximum atomic E-state index is 13.0. The first kappa shape index (κ1) is 21.3. The van der Waals surface area contributed by atoms with E-state index in [1.165, 1.54) is 5.56 Å². The number of nitrogens with zero attached hydrogens (tertiary/aromatic N) is 1. The van der Waals surface area contributed by atoms with Gasteiger partial charge in [-0.1, -0.05) is 60.7 Å². The maximum absolute atomic E-state index is 13.0. The zero-order valence-corrected chi connectivity index (χ0v) is 18.2. The highest BCUT2D eigenvalue weighted by atomic mass is 16.5. The predicted molar refractivity (Wildman–Crippen MR) is 125 cm³/mol. The van der Waals surface area contributed by atoms with Gasteiger partial charge >= 0.3 is 0 Å². The molecular formula is C28H31NO2. The number of piperidine rings is 1. The Kier molecular flexibility index (Phi) is 7.16. The third-order valence-corrected chi connectivity index (χ3v) is 6.33. The van der Waals surface area contributed by atoms with E-state index in [2.05, 4.69) is 35.2 Å². The first-order chi connectivity index (χ1) is 15.2. The first-order valence-corrected chi connectivity index (χ1v) is 11.3. The van der Waals surface area contributed by atoms with Gasteiger partial charge in [-0.25, -0.2) is 0 Å². The largest absolute Gasteiger partial charge is 0.489 e. The van der Waals surface area contributed by atoms with Crippen molar-refractivity contribution in [3.63, 3.8) is 0 Å². The van der Waals surface area contributed by atoms with Crippen LogP contribution in [-0.2, 0) is 13.0 Å². The van der Waals surface area contributed by atoms with Crippen LogP contribution in [0.25, 0.3) is 0 Å². The quantitative estimate of drug-likeness (QED) is 0.438. The lowest BCUT2D eigenvalue weighted by atomic mass is 9.89. The van der Waals surface area contributed by atoms with Crippen LogP contribution in [0.4, 0.5) is 0 Å². The number of ketones is 1. The molecular weight excluding hydrogens is 382 g/mol.